The Balaban J connectivity index is 0.000000145. The number of hydrogen-bond donors (Lipinski definition) is 7. The minimum Gasteiger partial charge on any atom is -0.508 e. The van der Waals surface area contributed by atoms with Crippen molar-refractivity contribution in [2.24, 2.45) is 33.0 Å². The van der Waals surface area contributed by atoms with Crippen molar-refractivity contribution in [1.29, 1.82) is 0 Å². The highest BCUT2D eigenvalue weighted by Crippen LogP contribution is 2.46. The zero-order valence-corrected chi connectivity index (χ0v) is 87.0. The number of aromatic amines is 1. The number of carboxylic acids is 4. The van der Waals surface area contributed by atoms with E-state index in [2.05, 4.69) is 251 Å². The Hall–Kier alpha value is -14.5. The molecule has 23 heteroatoms. The number of aryl methyl sites for hydroxylation is 4. The number of carboxylic acid groups (broad SMARTS) is 4. The van der Waals surface area contributed by atoms with Crippen LogP contribution in [0.1, 0.15) is 293 Å². The van der Waals surface area contributed by atoms with Gasteiger partial charge in [0.1, 0.15) is 17.1 Å². The molecule has 1 amide bonds. The number of rotatable bonds is 22. The van der Waals surface area contributed by atoms with E-state index >= 15 is 0 Å². The second-order valence-corrected chi connectivity index (χ2v) is 40.2. The Morgan fingerprint density at radius 2 is 1.08 bits per heavy atom. The normalized spacial score (nSPS) is 13.5. The molecule has 7 N–H and O–H groups in total. The molecule has 0 radical (unpaired) electrons. The molecule has 3 aliphatic rings. The maximum absolute atomic E-state index is 11.7. The predicted molar refractivity (Wildman–Crippen MR) is 579 cm³/mol. The van der Waals surface area contributed by atoms with Crippen LogP contribution in [0.3, 0.4) is 0 Å². The highest BCUT2D eigenvalue weighted by Gasteiger charge is 2.34. The van der Waals surface area contributed by atoms with E-state index in [-0.39, 0.29) is 17.6 Å². The summed E-state index contributed by atoms with van der Waals surface area (Å²) in [6.07, 6.45) is 12.8. The Morgan fingerprint density at radius 1 is 0.521 bits per heavy atom. The molecule has 16 aromatic rings. The van der Waals surface area contributed by atoms with Crippen molar-refractivity contribution in [3.8, 4) is 11.4 Å². The zero-order chi connectivity index (χ0) is 103. The molecule has 1 fully saturated rings. The van der Waals surface area contributed by atoms with Crippen LogP contribution in [-0.4, -0.2) is 131 Å². The lowest BCUT2D eigenvalue weighted by molar-refractivity contribution is -0.132. The summed E-state index contributed by atoms with van der Waals surface area (Å²) in [7, 11) is 9.81. The Bertz CT molecular complexity index is 7250. The van der Waals surface area contributed by atoms with Gasteiger partial charge in [0.2, 0.25) is 11.7 Å². The monoisotopic (exact) mass is 1920 g/mol. The number of aliphatic hydroxyl groups excluding tert-OH is 1. The fourth-order valence-corrected chi connectivity index (χ4v) is 19.8. The summed E-state index contributed by atoms with van der Waals surface area (Å²) in [4.78, 5) is 63.5. The number of nitrogens with one attached hydrogen (secondary N) is 2. The van der Waals surface area contributed by atoms with Crippen LogP contribution in [0.2, 0.25) is 0 Å². The number of pyridine rings is 1. The number of H-pyrrole nitrogens is 1. The Kier molecular flexibility index (Phi) is 35.0. The summed E-state index contributed by atoms with van der Waals surface area (Å²) in [6, 6.07) is 62.6. The fourth-order valence-electron chi connectivity index (χ4n) is 19.8. The van der Waals surface area contributed by atoms with Crippen LogP contribution in [-0.2, 0) is 55.0 Å². The molecule has 19 rings (SSSR count). The van der Waals surface area contributed by atoms with Crippen LogP contribution in [0.4, 0.5) is 11.4 Å². The van der Waals surface area contributed by atoms with Crippen molar-refractivity contribution >= 4 is 118 Å². The molecule has 2 atom stereocenters. The molecule has 9 aromatic carbocycles. The van der Waals surface area contributed by atoms with Crippen LogP contribution in [0.25, 0.3) is 88.6 Å². The summed E-state index contributed by atoms with van der Waals surface area (Å²) >= 11 is 0. The Morgan fingerprint density at radius 3 is 1.64 bits per heavy atom. The molecule has 142 heavy (non-hydrogen) atoms. The van der Waals surface area contributed by atoms with E-state index in [0.717, 1.165) is 90.4 Å². The van der Waals surface area contributed by atoms with E-state index in [1.165, 1.54) is 104 Å². The molecule has 7 aromatic heterocycles. The van der Waals surface area contributed by atoms with Crippen LogP contribution >= 0.6 is 0 Å². The van der Waals surface area contributed by atoms with Gasteiger partial charge in [-0.15, -0.1) is 10.2 Å². The van der Waals surface area contributed by atoms with Gasteiger partial charge >= 0.3 is 23.9 Å². The number of fused-ring (bicyclic) bond motifs is 8. The fraction of sp³-hybridized carbons (Fsp3) is 0.353. The van der Waals surface area contributed by atoms with E-state index in [1.54, 1.807) is 31.1 Å². The first-order chi connectivity index (χ1) is 67.5. The van der Waals surface area contributed by atoms with Gasteiger partial charge in [-0.1, -0.05) is 251 Å². The highest BCUT2D eigenvalue weighted by atomic mass is 16.5. The maximum atomic E-state index is 11.7. The van der Waals surface area contributed by atoms with Gasteiger partial charge in [-0.25, -0.2) is 19.2 Å². The molecular formula is C119H142N12O11. The number of carbonyl (C=O) groups is 5. The molecule has 1 saturated carbocycles. The third-order valence-corrected chi connectivity index (χ3v) is 27.2. The quantitative estimate of drug-likeness (QED) is 0.0310. The summed E-state index contributed by atoms with van der Waals surface area (Å²) in [5.41, 5.74) is 28.5. The molecule has 2 aliphatic carbocycles. The number of aliphatic hydroxyl groups is 1. The summed E-state index contributed by atoms with van der Waals surface area (Å²) < 4.78 is 15.1. The molecule has 744 valence electrons. The van der Waals surface area contributed by atoms with E-state index in [4.69, 9.17) is 4.74 Å². The first-order valence-electron chi connectivity index (χ1n) is 49.4. The standard InChI is InChI=1S/C20H20O2.C16H19NO2.C15H19NO3.C14H18N2O.C14H15NO.C14H21N.C13H15N5.C13H15NO2/c1-13(2)16-10-6-9-15-12-18(20(21)22)17(19(15)16)11-14-7-4-3-5-8-14;1-10(2)13-5-3-4-12-8-14(16(18)19)17(15(12)13)9-11-6-7-11;1-10(2)12-6-4-5-11-9-13(15(17)18)16(14(11)12)7-8-19-3;1-9(2)13-8-16(4)14-6-5-11(7-12(13)14)15-10(3)17;1-9(2)11-7-8-15-14-12(10(3)16)5-4-6-13(11)14;1-9(2)13-8-15(5)14-11(4)10(3)6-7-12(13)14;1-8(2)11-7-18(3)12-9(11)5-4-6-10(12)13-14-16-17-15-13;1-8(2)9-5-4-6-11-12(9)10(13(15)16)7-14(11)3/h3-10,12-13,17H,11H2,1-2H3,(H,21,22);3-5,8,10-11H,6-7,9H2,1-2H3,(H,18,19);4-6,9-10H,7-8H2,1-3H3,(H,17,18);5-9H,1-4H3,(H,15,17);4-9,16H,3H2,1-2H3;6-7,9,13H,8H2,1-5H3;4-8H,1-3H3,(H,14,15,16,17);4-8H,1-3H3,(H,15,16). The van der Waals surface area contributed by atoms with E-state index in [1.807, 2.05) is 167 Å². The van der Waals surface area contributed by atoms with Crippen LogP contribution in [0.15, 0.2) is 225 Å². The van der Waals surface area contributed by atoms with Gasteiger partial charge in [0.15, 0.2) is 0 Å². The van der Waals surface area contributed by atoms with Gasteiger partial charge in [-0.3, -0.25) is 9.78 Å². The molecule has 0 saturated heterocycles. The lowest BCUT2D eigenvalue weighted by Crippen LogP contribution is -2.18. The van der Waals surface area contributed by atoms with Crippen molar-refractivity contribution in [2.75, 3.05) is 37.5 Å². The predicted octanol–water partition coefficient (Wildman–Crippen LogP) is 27.7. The lowest BCUT2D eigenvalue weighted by atomic mass is 9.83. The minimum atomic E-state index is -0.901. The van der Waals surface area contributed by atoms with E-state index in [0.29, 0.717) is 100 Å². The number of anilines is 2. The van der Waals surface area contributed by atoms with Crippen molar-refractivity contribution in [1.82, 2.24) is 48.4 Å². The molecular weight excluding hydrogens is 1770 g/mol. The number of nitrogens with zero attached hydrogens (tertiary/aromatic N) is 10. The topological polar surface area (TPSA) is 303 Å². The number of amides is 1. The number of aliphatic carboxylic acids is 1. The van der Waals surface area contributed by atoms with Gasteiger partial charge in [0.25, 0.3) is 0 Å². The number of tetrazole rings is 1. The number of para-hydroxylation sites is 4. The number of benzene rings is 9. The average Bonchev–Trinajstić information content (AvgIpc) is 1.63. The second-order valence-electron chi connectivity index (χ2n) is 40.2. The van der Waals surface area contributed by atoms with Gasteiger partial charge in [0.05, 0.1) is 34.2 Å². The third kappa shape index (κ3) is 24.2. The third-order valence-electron chi connectivity index (χ3n) is 27.2. The van der Waals surface area contributed by atoms with Crippen molar-refractivity contribution in [3.05, 3.63) is 320 Å². The van der Waals surface area contributed by atoms with Crippen molar-refractivity contribution in [3.63, 3.8) is 0 Å². The van der Waals surface area contributed by atoms with Crippen LogP contribution < -0.4 is 10.2 Å². The first kappa shape index (κ1) is 106. The number of ether oxygens (including phenoxy) is 1. The van der Waals surface area contributed by atoms with Crippen molar-refractivity contribution in [2.45, 2.75) is 217 Å². The molecule has 0 bridgehead atoms. The summed E-state index contributed by atoms with van der Waals surface area (Å²) in [6.45, 7) is 47.3. The second kappa shape index (κ2) is 46.8. The number of likely N-dealkylation sites (N-methyl/N-ethyl adjacent to an activating group) is 1. The number of methoxy groups -OCH3 is 1. The average molecular weight is 1920 g/mol. The highest BCUT2D eigenvalue weighted by molar-refractivity contribution is 6.06. The number of hydrogen-bond acceptors (Lipinski definition) is 12. The smallest absolute Gasteiger partial charge is 0.352 e. The van der Waals surface area contributed by atoms with E-state index < -0.39 is 23.9 Å². The van der Waals surface area contributed by atoms with Gasteiger partial charge in [0, 0.05) is 170 Å². The van der Waals surface area contributed by atoms with Crippen LogP contribution in [0.5, 0.6) is 0 Å². The van der Waals surface area contributed by atoms with Crippen LogP contribution in [0, 0.1) is 25.7 Å². The largest absolute Gasteiger partial charge is 0.508 e. The Labute approximate surface area is 835 Å². The minimum absolute atomic E-state index is 0.0358. The molecule has 23 nitrogen and oxygen atoms in total. The molecule has 0 spiro atoms. The summed E-state index contributed by atoms with van der Waals surface area (Å²) in [5.74, 6) is 2.18. The number of aromatic carboxylic acids is 3. The molecule has 1 aliphatic heterocycles. The lowest BCUT2D eigenvalue weighted by Gasteiger charge is -2.20. The zero-order valence-electron chi connectivity index (χ0n) is 87.0. The summed E-state index contributed by atoms with van der Waals surface area (Å²) in [5, 5.41) is 70.6. The first-order valence-corrected chi connectivity index (χ1v) is 49.4. The van der Waals surface area contributed by atoms with Gasteiger partial charge in [-0.05, 0) is 225 Å². The van der Waals surface area contributed by atoms with Crippen molar-refractivity contribution < 1.29 is 54.2 Å². The van der Waals surface area contributed by atoms with Gasteiger partial charge < -0.3 is 63.3 Å². The SMILES string of the molecule is C=C(O)c1cccc2c(C(C)C)ccnc12.CC(=O)Nc1ccc2c(c1)c(C(C)C)cn2C.CC(C)c1cccc2c1C(Cc1ccccc1)C(C(=O)O)=C2.CC(C)c1cccc2c1c(C(=O)O)cn2C.CC(C)c1cccc2cc(C(=O)O)n(CC3CC3)c12.CC(C)c1cn(C)c2c(-c3nn[nH]n3)cccc12.COCCn1c(C(=O)O)cc2cccc(C(C)C)c21.Cc1ccc2c(c1C)N(C)CC2C(C)C. The molecule has 2 unspecified atom stereocenters. The van der Waals surface area contributed by atoms with Gasteiger partial charge in [-0.2, -0.15) is 5.21 Å². The number of aromatic nitrogens is 10. The number of carbonyl (C=O) groups excluding carboxylic acids is 1. The van der Waals surface area contributed by atoms with E-state index in [9.17, 15) is 49.5 Å². The molecule has 8 heterocycles. The maximum Gasteiger partial charge on any atom is 0.352 e.